The highest BCUT2D eigenvalue weighted by molar-refractivity contribution is 5.87. The molecule has 0 spiro atoms. The first-order valence-electron chi connectivity index (χ1n) is 7.96. The molecule has 1 fully saturated rings. The van der Waals surface area contributed by atoms with Crippen molar-refractivity contribution in [3.05, 3.63) is 29.8 Å². The Morgan fingerprint density at radius 2 is 2.17 bits per heavy atom. The van der Waals surface area contributed by atoms with E-state index in [1.807, 2.05) is 0 Å². The Bertz CT molecular complexity index is 622. The Hall–Kier alpha value is -2.50. The van der Waals surface area contributed by atoms with Gasteiger partial charge in [0.05, 0.1) is 13.2 Å². The van der Waals surface area contributed by atoms with Gasteiger partial charge >= 0.3 is 11.9 Å². The van der Waals surface area contributed by atoms with Gasteiger partial charge in [0, 0.05) is 18.4 Å². The number of phenolic OH excluding ortho intramolecular Hbond substituents is 2. The van der Waals surface area contributed by atoms with Crippen molar-refractivity contribution < 1.29 is 29.3 Å². The lowest BCUT2D eigenvalue weighted by Crippen LogP contribution is -2.25. The molecule has 6 heteroatoms. The summed E-state index contributed by atoms with van der Waals surface area (Å²) < 4.78 is 10.3. The molecule has 0 unspecified atom stereocenters. The van der Waals surface area contributed by atoms with Crippen LogP contribution in [0.1, 0.15) is 31.7 Å². The quantitative estimate of drug-likeness (QED) is 0.499. The lowest BCUT2D eigenvalue weighted by Gasteiger charge is -2.23. The van der Waals surface area contributed by atoms with Gasteiger partial charge in [-0.05, 0) is 42.5 Å². The first kappa shape index (κ1) is 17.8. The molecule has 1 aliphatic heterocycles. The van der Waals surface area contributed by atoms with E-state index in [9.17, 15) is 19.8 Å². The zero-order valence-corrected chi connectivity index (χ0v) is 13.6. The lowest BCUT2D eigenvalue weighted by atomic mass is 9.92. The van der Waals surface area contributed by atoms with Crippen molar-refractivity contribution in [3.8, 4) is 11.5 Å². The van der Waals surface area contributed by atoms with Gasteiger partial charge in [0.15, 0.2) is 11.5 Å². The number of benzene rings is 1. The van der Waals surface area contributed by atoms with E-state index in [1.165, 1.54) is 24.3 Å². The van der Waals surface area contributed by atoms with Crippen LogP contribution in [-0.4, -0.2) is 35.4 Å². The normalized spacial score (nSPS) is 21.8. The molecule has 1 heterocycles. The molecule has 6 nitrogen and oxygen atoms in total. The van der Waals surface area contributed by atoms with Crippen LogP contribution in [0.5, 0.6) is 11.5 Å². The van der Waals surface area contributed by atoms with Crippen molar-refractivity contribution in [2.24, 2.45) is 11.8 Å². The summed E-state index contributed by atoms with van der Waals surface area (Å²) in [6.07, 6.45) is 4.81. The molecule has 0 saturated carbocycles. The van der Waals surface area contributed by atoms with E-state index in [1.54, 1.807) is 6.07 Å². The van der Waals surface area contributed by atoms with Gasteiger partial charge < -0.3 is 19.7 Å². The highest BCUT2D eigenvalue weighted by Crippen LogP contribution is 2.25. The second kappa shape index (κ2) is 8.38. The number of esters is 2. The Balaban J connectivity index is 1.84. The predicted molar refractivity (Wildman–Crippen MR) is 87.2 cm³/mol. The minimum Gasteiger partial charge on any atom is -0.504 e. The smallest absolute Gasteiger partial charge is 0.330 e. The number of carbonyl (C=O) groups excluding carboxylic acids is 2. The minimum absolute atomic E-state index is 0.000633. The van der Waals surface area contributed by atoms with Crippen LogP contribution < -0.4 is 0 Å². The Morgan fingerprint density at radius 3 is 2.92 bits per heavy atom. The maximum atomic E-state index is 11.8. The van der Waals surface area contributed by atoms with Gasteiger partial charge in [-0.2, -0.15) is 0 Å². The second-order valence-corrected chi connectivity index (χ2v) is 6.14. The van der Waals surface area contributed by atoms with Crippen LogP contribution in [0.4, 0.5) is 0 Å². The topological polar surface area (TPSA) is 93.1 Å². The Kier molecular flexibility index (Phi) is 6.23. The molecule has 0 aromatic heterocycles. The van der Waals surface area contributed by atoms with Crippen LogP contribution in [-0.2, 0) is 19.1 Å². The summed E-state index contributed by atoms with van der Waals surface area (Å²) in [7, 11) is 0. The van der Waals surface area contributed by atoms with E-state index in [0.717, 1.165) is 12.8 Å². The Morgan fingerprint density at radius 1 is 1.38 bits per heavy atom. The standard InChI is InChI=1S/C18H22O6/c1-12-2-6-17(21)23-10-14(8-12)11-24-18(22)7-4-13-3-5-15(19)16(20)9-13/h3-5,7,9,12,14,19-20H,2,6,8,10-11H2,1H3/b7-4+/t12-,14-/m1/s1. The largest absolute Gasteiger partial charge is 0.504 e. The average molecular weight is 334 g/mol. The zero-order valence-electron chi connectivity index (χ0n) is 13.6. The molecule has 1 aromatic rings. The molecule has 1 aromatic carbocycles. The third kappa shape index (κ3) is 5.61. The fraction of sp³-hybridized carbons (Fsp3) is 0.444. The van der Waals surface area contributed by atoms with Crippen LogP contribution >= 0.6 is 0 Å². The highest BCUT2D eigenvalue weighted by Gasteiger charge is 2.21. The molecular weight excluding hydrogens is 312 g/mol. The number of hydrogen-bond acceptors (Lipinski definition) is 6. The van der Waals surface area contributed by atoms with E-state index in [-0.39, 0.29) is 36.6 Å². The molecule has 0 amide bonds. The molecule has 0 bridgehead atoms. The zero-order chi connectivity index (χ0) is 17.5. The highest BCUT2D eigenvalue weighted by atomic mass is 16.5. The van der Waals surface area contributed by atoms with Crippen molar-refractivity contribution in [2.75, 3.05) is 13.2 Å². The molecule has 0 radical (unpaired) electrons. The SMILES string of the molecule is C[C@@H]1CCC(=O)OC[C@H](COC(=O)/C=C/c2ccc(O)c(O)c2)C1. The van der Waals surface area contributed by atoms with Crippen molar-refractivity contribution in [1.29, 1.82) is 0 Å². The van der Waals surface area contributed by atoms with E-state index in [2.05, 4.69) is 6.92 Å². The van der Waals surface area contributed by atoms with Crippen LogP contribution in [0.3, 0.4) is 0 Å². The van der Waals surface area contributed by atoms with Gasteiger partial charge in [-0.15, -0.1) is 0 Å². The third-order valence-corrected chi connectivity index (χ3v) is 3.93. The first-order chi connectivity index (χ1) is 11.4. The summed E-state index contributed by atoms with van der Waals surface area (Å²) in [5.41, 5.74) is 0.566. The third-order valence-electron chi connectivity index (χ3n) is 3.93. The number of aromatic hydroxyl groups is 2. The van der Waals surface area contributed by atoms with E-state index < -0.39 is 5.97 Å². The van der Waals surface area contributed by atoms with Gasteiger partial charge in [-0.25, -0.2) is 4.79 Å². The van der Waals surface area contributed by atoms with Crippen molar-refractivity contribution in [3.63, 3.8) is 0 Å². The van der Waals surface area contributed by atoms with Gasteiger partial charge in [0.25, 0.3) is 0 Å². The van der Waals surface area contributed by atoms with Crippen LogP contribution in [0.15, 0.2) is 24.3 Å². The minimum atomic E-state index is -0.511. The van der Waals surface area contributed by atoms with Crippen LogP contribution in [0.25, 0.3) is 6.08 Å². The fourth-order valence-corrected chi connectivity index (χ4v) is 2.57. The van der Waals surface area contributed by atoms with Crippen molar-refractivity contribution in [1.82, 2.24) is 0 Å². The molecule has 130 valence electrons. The van der Waals surface area contributed by atoms with Crippen LogP contribution in [0.2, 0.25) is 0 Å². The molecule has 2 atom stereocenters. The van der Waals surface area contributed by atoms with E-state index in [4.69, 9.17) is 9.47 Å². The van der Waals surface area contributed by atoms with Crippen LogP contribution in [0, 0.1) is 11.8 Å². The van der Waals surface area contributed by atoms with E-state index >= 15 is 0 Å². The number of ether oxygens (including phenoxy) is 2. The van der Waals surface area contributed by atoms with E-state index in [0.29, 0.717) is 17.9 Å². The number of rotatable bonds is 4. The molecular formula is C18H22O6. The molecule has 2 N–H and O–H groups in total. The number of hydrogen-bond donors (Lipinski definition) is 2. The van der Waals surface area contributed by atoms with Crippen molar-refractivity contribution >= 4 is 18.0 Å². The predicted octanol–water partition coefficient (Wildman–Crippen LogP) is 2.63. The fourth-order valence-electron chi connectivity index (χ4n) is 2.57. The molecule has 1 saturated heterocycles. The number of phenols is 2. The summed E-state index contributed by atoms with van der Waals surface area (Å²) in [5.74, 6) is -0.802. The van der Waals surface area contributed by atoms with Gasteiger partial charge in [0.2, 0.25) is 0 Å². The molecule has 2 rings (SSSR count). The lowest BCUT2D eigenvalue weighted by molar-refractivity contribution is -0.149. The maximum Gasteiger partial charge on any atom is 0.330 e. The van der Waals surface area contributed by atoms with Gasteiger partial charge in [-0.1, -0.05) is 13.0 Å². The van der Waals surface area contributed by atoms with Gasteiger partial charge in [-0.3, -0.25) is 4.79 Å². The van der Waals surface area contributed by atoms with Crippen molar-refractivity contribution in [2.45, 2.75) is 26.2 Å². The first-order valence-corrected chi connectivity index (χ1v) is 7.96. The average Bonchev–Trinajstić information content (AvgIpc) is 2.55. The molecule has 1 aliphatic rings. The van der Waals surface area contributed by atoms with Gasteiger partial charge in [0.1, 0.15) is 0 Å². The number of cyclic esters (lactones) is 1. The summed E-state index contributed by atoms with van der Waals surface area (Å²) in [5, 5.41) is 18.6. The second-order valence-electron chi connectivity index (χ2n) is 6.14. The summed E-state index contributed by atoms with van der Waals surface area (Å²) >= 11 is 0. The summed E-state index contributed by atoms with van der Waals surface area (Å²) in [4.78, 5) is 23.2. The summed E-state index contributed by atoms with van der Waals surface area (Å²) in [6.45, 7) is 2.54. The monoisotopic (exact) mass is 334 g/mol. The molecule has 0 aliphatic carbocycles. The Labute approximate surface area is 140 Å². The number of carbonyl (C=O) groups is 2. The summed E-state index contributed by atoms with van der Waals surface area (Å²) in [6, 6.07) is 4.24. The maximum absolute atomic E-state index is 11.8. The molecule has 24 heavy (non-hydrogen) atoms.